The maximum absolute atomic E-state index is 14.0. The Hall–Kier alpha value is -4.10. The Bertz CT molecular complexity index is 1420. The second-order valence-corrected chi connectivity index (χ2v) is 8.15. The fourth-order valence-corrected chi connectivity index (χ4v) is 3.90. The van der Waals surface area contributed by atoms with Crippen molar-refractivity contribution in [3.8, 4) is 17.2 Å². The highest BCUT2D eigenvalue weighted by Gasteiger charge is 2.15. The number of carbonyl (C=O) groups is 1. The summed E-state index contributed by atoms with van der Waals surface area (Å²) < 4.78 is 30.8. The molecule has 0 radical (unpaired) electrons. The van der Waals surface area contributed by atoms with Crippen molar-refractivity contribution in [2.45, 2.75) is 13.5 Å². The molecule has 0 aliphatic rings. The van der Waals surface area contributed by atoms with Gasteiger partial charge in [-0.2, -0.15) is 5.10 Å². The first-order valence-corrected chi connectivity index (χ1v) is 11.6. The van der Waals surface area contributed by atoms with Crippen LogP contribution in [-0.2, 0) is 6.61 Å². The molecular weight excluding hydrogens is 483 g/mol. The number of halogens is 2. The maximum Gasteiger partial charge on any atom is 0.275 e. The van der Waals surface area contributed by atoms with E-state index in [1.165, 1.54) is 19.4 Å². The van der Waals surface area contributed by atoms with E-state index >= 15 is 0 Å². The monoisotopic (exact) mass is 506 g/mol. The number of amides is 1. The molecule has 1 amide bonds. The number of hydrazone groups is 1. The molecule has 0 heterocycles. The van der Waals surface area contributed by atoms with Gasteiger partial charge in [-0.1, -0.05) is 54.1 Å². The number of benzene rings is 4. The van der Waals surface area contributed by atoms with Crippen LogP contribution in [-0.4, -0.2) is 25.8 Å². The van der Waals surface area contributed by atoms with E-state index in [9.17, 15) is 9.18 Å². The largest absolute Gasteiger partial charge is 0.496 e. The molecule has 0 fully saturated rings. The number of fused-ring (bicyclic) bond motifs is 1. The van der Waals surface area contributed by atoms with Crippen molar-refractivity contribution < 1.29 is 23.4 Å². The number of rotatable bonds is 9. The molecule has 0 unspecified atom stereocenters. The number of nitrogens with zero attached hydrogens (tertiary/aromatic N) is 1. The van der Waals surface area contributed by atoms with Crippen LogP contribution >= 0.6 is 11.6 Å². The van der Waals surface area contributed by atoms with E-state index < -0.39 is 5.91 Å². The molecule has 4 aromatic rings. The van der Waals surface area contributed by atoms with Crippen molar-refractivity contribution >= 4 is 34.5 Å². The van der Waals surface area contributed by atoms with Crippen LogP contribution in [0.25, 0.3) is 10.8 Å². The third kappa shape index (κ3) is 5.75. The molecule has 184 valence electrons. The van der Waals surface area contributed by atoms with Crippen molar-refractivity contribution in [1.29, 1.82) is 0 Å². The van der Waals surface area contributed by atoms with Gasteiger partial charge in [0.1, 0.15) is 18.2 Å². The van der Waals surface area contributed by atoms with Gasteiger partial charge in [-0.15, -0.1) is 0 Å². The summed E-state index contributed by atoms with van der Waals surface area (Å²) >= 11 is 6.44. The minimum atomic E-state index is -0.421. The van der Waals surface area contributed by atoms with E-state index in [0.717, 1.165) is 10.8 Å². The van der Waals surface area contributed by atoms with Crippen LogP contribution in [0.15, 0.2) is 77.9 Å². The molecule has 0 aliphatic carbocycles. The van der Waals surface area contributed by atoms with Gasteiger partial charge in [0.2, 0.25) is 0 Å². The van der Waals surface area contributed by atoms with Crippen LogP contribution in [0, 0.1) is 5.82 Å². The summed E-state index contributed by atoms with van der Waals surface area (Å²) in [6.07, 6.45) is 1.44. The standard InChI is InChI=1S/C28H24ClFN2O4/c1-3-35-26-13-18(12-23(29)27(26)36-17-21-10-6-7-11-24(21)30)16-31-32-28(33)22-14-19-8-4-5-9-20(19)15-25(22)34-2/h4-16H,3,17H2,1-2H3,(H,32,33)/b31-16-. The lowest BCUT2D eigenvalue weighted by atomic mass is 10.1. The number of methoxy groups -OCH3 is 1. The van der Waals surface area contributed by atoms with Crippen molar-refractivity contribution in [2.24, 2.45) is 5.10 Å². The van der Waals surface area contributed by atoms with Gasteiger partial charge >= 0.3 is 0 Å². The molecule has 4 aromatic carbocycles. The van der Waals surface area contributed by atoms with Gasteiger partial charge in [0.25, 0.3) is 5.91 Å². The highest BCUT2D eigenvalue weighted by Crippen LogP contribution is 2.37. The van der Waals surface area contributed by atoms with Crippen LogP contribution < -0.4 is 19.6 Å². The summed E-state index contributed by atoms with van der Waals surface area (Å²) in [6, 6.07) is 20.9. The summed E-state index contributed by atoms with van der Waals surface area (Å²) in [7, 11) is 1.51. The molecule has 1 N–H and O–H groups in total. The summed E-state index contributed by atoms with van der Waals surface area (Å²) in [4.78, 5) is 12.8. The number of hydrogen-bond acceptors (Lipinski definition) is 5. The van der Waals surface area contributed by atoms with Crippen LogP contribution in [0.4, 0.5) is 4.39 Å². The second-order valence-electron chi connectivity index (χ2n) is 7.74. The van der Waals surface area contributed by atoms with Gasteiger partial charge in [0.05, 0.1) is 30.5 Å². The zero-order valence-corrected chi connectivity index (χ0v) is 20.5. The lowest BCUT2D eigenvalue weighted by molar-refractivity contribution is 0.0952. The second kappa shape index (κ2) is 11.6. The summed E-state index contributed by atoms with van der Waals surface area (Å²) in [5.74, 6) is 0.331. The molecule has 0 bridgehead atoms. The van der Waals surface area contributed by atoms with Crippen molar-refractivity contribution in [3.05, 3.63) is 100 Å². The molecule has 6 nitrogen and oxygen atoms in total. The molecule has 0 aromatic heterocycles. The molecule has 36 heavy (non-hydrogen) atoms. The first-order chi connectivity index (χ1) is 17.5. The molecule has 0 spiro atoms. The first-order valence-electron chi connectivity index (χ1n) is 11.2. The average molecular weight is 507 g/mol. The zero-order chi connectivity index (χ0) is 25.5. The Morgan fingerprint density at radius 1 is 1.00 bits per heavy atom. The molecule has 0 atom stereocenters. The lowest BCUT2D eigenvalue weighted by Crippen LogP contribution is -2.18. The Morgan fingerprint density at radius 2 is 1.72 bits per heavy atom. The first kappa shape index (κ1) is 25.0. The van der Waals surface area contributed by atoms with Gasteiger partial charge in [0, 0.05) is 5.56 Å². The van der Waals surface area contributed by atoms with Crippen LogP contribution in [0.3, 0.4) is 0 Å². The molecule has 0 saturated carbocycles. The number of nitrogens with one attached hydrogen (secondary N) is 1. The van der Waals surface area contributed by atoms with Crippen molar-refractivity contribution in [3.63, 3.8) is 0 Å². The predicted octanol–water partition coefficient (Wildman–Crippen LogP) is 6.38. The third-order valence-electron chi connectivity index (χ3n) is 5.35. The molecule has 8 heteroatoms. The molecule has 0 aliphatic heterocycles. The topological polar surface area (TPSA) is 69.2 Å². The predicted molar refractivity (Wildman–Crippen MR) is 139 cm³/mol. The van der Waals surface area contributed by atoms with Gasteiger partial charge in [-0.25, -0.2) is 9.82 Å². The highest BCUT2D eigenvalue weighted by atomic mass is 35.5. The summed E-state index contributed by atoms with van der Waals surface area (Å²) in [5.41, 5.74) is 3.85. The lowest BCUT2D eigenvalue weighted by Gasteiger charge is -2.14. The van der Waals surface area contributed by atoms with Crippen molar-refractivity contribution in [2.75, 3.05) is 13.7 Å². The molecular formula is C28H24ClFN2O4. The van der Waals surface area contributed by atoms with E-state index in [2.05, 4.69) is 10.5 Å². The average Bonchev–Trinajstić information content (AvgIpc) is 2.88. The Labute approximate surface area is 213 Å². The van der Waals surface area contributed by atoms with Crippen LogP contribution in [0.5, 0.6) is 17.2 Å². The van der Waals surface area contributed by atoms with Crippen LogP contribution in [0.2, 0.25) is 5.02 Å². The maximum atomic E-state index is 14.0. The van der Waals surface area contributed by atoms with E-state index in [1.807, 2.05) is 37.3 Å². The van der Waals surface area contributed by atoms with Gasteiger partial charge in [0.15, 0.2) is 11.5 Å². The fraction of sp³-hybridized carbons (Fsp3) is 0.143. The molecule has 4 rings (SSSR count). The molecule has 0 saturated heterocycles. The Balaban J connectivity index is 1.51. The highest BCUT2D eigenvalue weighted by molar-refractivity contribution is 6.32. The summed E-state index contributed by atoms with van der Waals surface area (Å²) in [5, 5.41) is 6.20. The van der Waals surface area contributed by atoms with E-state index in [-0.39, 0.29) is 17.4 Å². The quantitative estimate of drug-likeness (QED) is 0.211. The Morgan fingerprint density at radius 3 is 2.44 bits per heavy atom. The van der Waals surface area contributed by atoms with Crippen LogP contribution in [0.1, 0.15) is 28.4 Å². The normalized spacial score (nSPS) is 11.0. The SMILES string of the molecule is CCOc1cc(/C=N\NC(=O)c2cc3ccccc3cc2OC)cc(Cl)c1OCc1ccccc1F. The summed E-state index contributed by atoms with van der Waals surface area (Å²) in [6.45, 7) is 2.18. The third-order valence-corrected chi connectivity index (χ3v) is 5.63. The minimum absolute atomic E-state index is 0.0104. The van der Waals surface area contributed by atoms with E-state index in [1.54, 1.807) is 36.4 Å². The van der Waals surface area contributed by atoms with Crippen molar-refractivity contribution in [1.82, 2.24) is 5.43 Å². The van der Waals surface area contributed by atoms with E-state index in [4.69, 9.17) is 25.8 Å². The van der Waals surface area contributed by atoms with Gasteiger partial charge in [-0.3, -0.25) is 4.79 Å². The number of ether oxygens (including phenoxy) is 3. The Kier molecular flexibility index (Phi) is 8.02. The fourth-order valence-electron chi connectivity index (χ4n) is 3.62. The van der Waals surface area contributed by atoms with E-state index in [0.29, 0.717) is 40.5 Å². The van der Waals surface area contributed by atoms with Gasteiger partial charge < -0.3 is 14.2 Å². The van der Waals surface area contributed by atoms with Gasteiger partial charge in [-0.05, 0) is 53.6 Å². The zero-order valence-electron chi connectivity index (χ0n) is 19.8. The number of hydrogen-bond donors (Lipinski definition) is 1. The smallest absolute Gasteiger partial charge is 0.275 e. The minimum Gasteiger partial charge on any atom is -0.496 e. The number of carbonyl (C=O) groups excluding carboxylic acids is 1.